The Labute approximate surface area is 137 Å². The molecule has 2 aliphatic carbocycles. The molecule has 2 fully saturated rings. The average molecular weight is 312 g/mol. The summed E-state index contributed by atoms with van der Waals surface area (Å²) in [4.78, 5) is 28.9. The topological polar surface area (TPSA) is 40.6 Å². The summed E-state index contributed by atoms with van der Waals surface area (Å²) in [6.45, 7) is 2.90. The predicted octanol–water partition coefficient (Wildman–Crippen LogP) is 2.26. The van der Waals surface area contributed by atoms with Crippen LogP contribution in [0.1, 0.15) is 47.2 Å². The highest BCUT2D eigenvalue weighted by Crippen LogP contribution is 2.31. The Morgan fingerprint density at radius 3 is 2.43 bits per heavy atom. The van der Waals surface area contributed by atoms with Crippen LogP contribution in [0, 0.1) is 5.92 Å². The Kier molecular flexibility index (Phi) is 3.83. The Hall–Kier alpha value is -1.84. The SMILES string of the molecule is O=C(c1ccc2c(c1)CCC2)N1CCCN(C(=O)C2CC2)CC1. The summed E-state index contributed by atoms with van der Waals surface area (Å²) in [5.41, 5.74) is 3.56. The first-order chi connectivity index (χ1) is 11.2. The first-order valence-corrected chi connectivity index (χ1v) is 8.92. The molecule has 0 spiro atoms. The smallest absolute Gasteiger partial charge is 0.253 e. The standard InChI is InChI=1S/C19H24N2O2/c22-18(15-6-7-15)20-9-2-10-21(12-11-20)19(23)17-8-5-14-3-1-4-16(14)13-17/h5,8,13,15H,1-4,6-7,9-12H2. The van der Waals surface area contributed by atoms with Gasteiger partial charge in [0.1, 0.15) is 0 Å². The van der Waals surface area contributed by atoms with Crippen LogP contribution in [0.25, 0.3) is 0 Å². The van der Waals surface area contributed by atoms with Crippen LogP contribution in [-0.2, 0) is 17.6 Å². The summed E-state index contributed by atoms with van der Waals surface area (Å²) < 4.78 is 0. The van der Waals surface area contributed by atoms with Gasteiger partial charge in [-0.3, -0.25) is 9.59 Å². The second-order valence-corrected chi connectivity index (χ2v) is 7.08. The van der Waals surface area contributed by atoms with Crippen LogP contribution in [-0.4, -0.2) is 47.8 Å². The van der Waals surface area contributed by atoms with Gasteiger partial charge in [-0.05, 0) is 61.8 Å². The summed E-state index contributed by atoms with van der Waals surface area (Å²) in [6, 6.07) is 6.18. The van der Waals surface area contributed by atoms with Gasteiger partial charge < -0.3 is 9.80 Å². The minimum absolute atomic E-state index is 0.125. The van der Waals surface area contributed by atoms with E-state index in [9.17, 15) is 9.59 Å². The van der Waals surface area contributed by atoms with E-state index in [1.54, 1.807) is 0 Å². The van der Waals surface area contributed by atoms with E-state index in [0.717, 1.165) is 50.8 Å². The van der Waals surface area contributed by atoms with Crippen molar-refractivity contribution in [1.29, 1.82) is 0 Å². The number of carbonyl (C=O) groups excluding carboxylic acids is 2. The summed E-state index contributed by atoms with van der Waals surface area (Å²) in [5, 5.41) is 0. The minimum atomic E-state index is 0.125. The lowest BCUT2D eigenvalue weighted by atomic mass is 10.1. The van der Waals surface area contributed by atoms with Crippen molar-refractivity contribution in [2.24, 2.45) is 5.92 Å². The van der Waals surface area contributed by atoms with Crippen molar-refractivity contribution < 1.29 is 9.59 Å². The van der Waals surface area contributed by atoms with Crippen molar-refractivity contribution in [2.75, 3.05) is 26.2 Å². The van der Waals surface area contributed by atoms with Crippen LogP contribution in [0.5, 0.6) is 0 Å². The molecule has 1 aromatic rings. The van der Waals surface area contributed by atoms with Gasteiger partial charge in [0.25, 0.3) is 5.91 Å². The fraction of sp³-hybridized carbons (Fsp3) is 0.579. The lowest BCUT2D eigenvalue weighted by Gasteiger charge is -2.22. The molecule has 1 heterocycles. The zero-order valence-corrected chi connectivity index (χ0v) is 13.6. The maximum atomic E-state index is 12.8. The molecule has 3 aliphatic rings. The number of hydrogen-bond donors (Lipinski definition) is 0. The van der Waals surface area contributed by atoms with Crippen LogP contribution < -0.4 is 0 Å². The zero-order valence-electron chi connectivity index (χ0n) is 13.6. The largest absolute Gasteiger partial charge is 0.341 e. The van der Waals surface area contributed by atoms with E-state index in [2.05, 4.69) is 12.1 Å². The van der Waals surface area contributed by atoms with Gasteiger partial charge in [-0.25, -0.2) is 0 Å². The molecular formula is C19H24N2O2. The molecular weight excluding hydrogens is 288 g/mol. The molecule has 0 atom stereocenters. The van der Waals surface area contributed by atoms with Gasteiger partial charge in [0.05, 0.1) is 0 Å². The van der Waals surface area contributed by atoms with Crippen molar-refractivity contribution in [2.45, 2.75) is 38.5 Å². The Bertz CT molecular complexity index is 636. The molecule has 0 bridgehead atoms. The summed E-state index contributed by atoms with van der Waals surface area (Å²) in [6.07, 6.45) is 6.43. The number of nitrogens with zero attached hydrogens (tertiary/aromatic N) is 2. The number of amides is 2. The van der Waals surface area contributed by atoms with E-state index in [1.165, 1.54) is 17.5 Å². The lowest BCUT2D eigenvalue weighted by Crippen LogP contribution is -2.38. The van der Waals surface area contributed by atoms with E-state index in [-0.39, 0.29) is 11.8 Å². The van der Waals surface area contributed by atoms with E-state index < -0.39 is 0 Å². The number of carbonyl (C=O) groups is 2. The van der Waals surface area contributed by atoms with E-state index in [1.807, 2.05) is 15.9 Å². The molecule has 2 amide bonds. The van der Waals surface area contributed by atoms with E-state index in [0.29, 0.717) is 19.0 Å². The van der Waals surface area contributed by atoms with Gasteiger partial charge in [0.2, 0.25) is 5.91 Å². The van der Waals surface area contributed by atoms with Crippen molar-refractivity contribution in [1.82, 2.24) is 9.80 Å². The highest BCUT2D eigenvalue weighted by atomic mass is 16.2. The quantitative estimate of drug-likeness (QED) is 0.840. The van der Waals surface area contributed by atoms with Crippen LogP contribution in [0.3, 0.4) is 0 Å². The molecule has 1 saturated carbocycles. The maximum Gasteiger partial charge on any atom is 0.253 e. The van der Waals surface area contributed by atoms with Crippen LogP contribution in [0.2, 0.25) is 0 Å². The van der Waals surface area contributed by atoms with Gasteiger partial charge >= 0.3 is 0 Å². The molecule has 4 rings (SSSR count). The third kappa shape index (κ3) is 2.99. The summed E-state index contributed by atoms with van der Waals surface area (Å²) in [7, 11) is 0. The number of fused-ring (bicyclic) bond motifs is 1. The molecule has 1 aromatic carbocycles. The molecule has 1 saturated heterocycles. The van der Waals surface area contributed by atoms with Crippen molar-refractivity contribution in [3.05, 3.63) is 34.9 Å². The highest BCUT2D eigenvalue weighted by Gasteiger charge is 2.34. The first-order valence-electron chi connectivity index (χ1n) is 8.92. The number of rotatable bonds is 2. The Morgan fingerprint density at radius 1 is 0.870 bits per heavy atom. The second-order valence-electron chi connectivity index (χ2n) is 7.08. The van der Waals surface area contributed by atoms with Crippen LogP contribution in [0.15, 0.2) is 18.2 Å². The normalized spacial score (nSPS) is 21.0. The first kappa shape index (κ1) is 14.7. The van der Waals surface area contributed by atoms with E-state index in [4.69, 9.17) is 0 Å². The predicted molar refractivity (Wildman–Crippen MR) is 88.3 cm³/mol. The minimum Gasteiger partial charge on any atom is -0.341 e. The Balaban J connectivity index is 1.43. The molecule has 0 aromatic heterocycles. The summed E-state index contributed by atoms with van der Waals surface area (Å²) in [5.74, 6) is 0.700. The van der Waals surface area contributed by atoms with Crippen molar-refractivity contribution >= 4 is 11.8 Å². The molecule has 0 N–H and O–H groups in total. The van der Waals surface area contributed by atoms with Gasteiger partial charge in [-0.2, -0.15) is 0 Å². The second kappa shape index (κ2) is 5.99. The molecule has 1 aliphatic heterocycles. The third-order valence-corrected chi connectivity index (χ3v) is 5.37. The summed E-state index contributed by atoms with van der Waals surface area (Å²) >= 11 is 0. The van der Waals surface area contributed by atoms with Gasteiger partial charge in [0.15, 0.2) is 0 Å². The monoisotopic (exact) mass is 312 g/mol. The Morgan fingerprint density at radius 2 is 1.61 bits per heavy atom. The number of hydrogen-bond acceptors (Lipinski definition) is 2. The fourth-order valence-electron chi connectivity index (χ4n) is 3.82. The molecule has 0 radical (unpaired) electrons. The number of benzene rings is 1. The average Bonchev–Trinajstić information content (AvgIpc) is 3.35. The molecule has 0 unspecified atom stereocenters. The van der Waals surface area contributed by atoms with Crippen LogP contribution >= 0.6 is 0 Å². The lowest BCUT2D eigenvalue weighted by molar-refractivity contribution is -0.132. The van der Waals surface area contributed by atoms with Crippen LogP contribution in [0.4, 0.5) is 0 Å². The molecule has 122 valence electrons. The zero-order chi connectivity index (χ0) is 15.8. The molecule has 23 heavy (non-hydrogen) atoms. The molecule has 4 nitrogen and oxygen atoms in total. The molecule has 4 heteroatoms. The highest BCUT2D eigenvalue weighted by molar-refractivity contribution is 5.94. The fourth-order valence-corrected chi connectivity index (χ4v) is 3.82. The van der Waals surface area contributed by atoms with Crippen molar-refractivity contribution in [3.63, 3.8) is 0 Å². The van der Waals surface area contributed by atoms with Gasteiger partial charge in [-0.1, -0.05) is 6.07 Å². The van der Waals surface area contributed by atoms with E-state index >= 15 is 0 Å². The maximum absolute atomic E-state index is 12.8. The number of aryl methyl sites for hydroxylation is 2. The van der Waals surface area contributed by atoms with Gasteiger partial charge in [0, 0.05) is 37.7 Å². The van der Waals surface area contributed by atoms with Gasteiger partial charge in [-0.15, -0.1) is 0 Å². The third-order valence-electron chi connectivity index (χ3n) is 5.37. The van der Waals surface area contributed by atoms with Crippen molar-refractivity contribution in [3.8, 4) is 0 Å².